The maximum absolute atomic E-state index is 11.2. The van der Waals surface area contributed by atoms with E-state index in [1.807, 2.05) is 13.8 Å². The monoisotopic (exact) mass is 295 g/mol. The van der Waals surface area contributed by atoms with Gasteiger partial charge < -0.3 is 5.32 Å². The van der Waals surface area contributed by atoms with Crippen molar-refractivity contribution in [3.05, 3.63) is 31.9 Å². The summed E-state index contributed by atoms with van der Waals surface area (Å²) in [6.45, 7) is 4.42. The quantitative estimate of drug-likeness (QED) is 0.654. The number of aryl methyl sites for hydroxylation is 3. The van der Waals surface area contributed by atoms with Crippen molar-refractivity contribution in [2.75, 3.05) is 5.32 Å². The first-order valence-electron chi connectivity index (χ1n) is 6.38. The SMILES string of the molecule is CCCc1nn(C)c(NCc2ncc(C)s2)c1[N+](=O)[O-]. The Hall–Kier alpha value is -1.96. The Labute approximate surface area is 120 Å². The van der Waals surface area contributed by atoms with Crippen LogP contribution < -0.4 is 5.32 Å². The Kier molecular flexibility index (Phi) is 4.33. The summed E-state index contributed by atoms with van der Waals surface area (Å²) in [5.41, 5.74) is 0.598. The highest BCUT2D eigenvalue weighted by atomic mass is 32.1. The molecule has 0 aromatic carbocycles. The van der Waals surface area contributed by atoms with E-state index in [0.29, 0.717) is 24.5 Å². The molecule has 0 amide bonds. The fraction of sp³-hybridized carbons (Fsp3) is 0.500. The Morgan fingerprint density at radius 1 is 1.55 bits per heavy atom. The second-order valence-electron chi connectivity index (χ2n) is 4.49. The molecular formula is C12H17N5O2S. The number of rotatable bonds is 6. The van der Waals surface area contributed by atoms with E-state index in [4.69, 9.17) is 0 Å². The second kappa shape index (κ2) is 6.00. The van der Waals surface area contributed by atoms with Gasteiger partial charge in [0.25, 0.3) is 0 Å². The summed E-state index contributed by atoms with van der Waals surface area (Å²) in [6.07, 6.45) is 3.22. The Morgan fingerprint density at radius 2 is 2.30 bits per heavy atom. The van der Waals surface area contributed by atoms with Gasteiger partial charge in [-0.05, 0) is 13.3 Å². The molecule has 2 rings (SSSR count). The molecule has 0 atom stereocenters. The number of hydrogen-bond acceptors (Lipinski definition) is 6. The van der Waals surface area contributed by atoms with Crippen LogP contribution in [0.25, 0.3) is 0 Å². The van der Waals surface area contributed by atoms with E-state index in [1.54, 1.807) is 24.6 Å². The Morgan fingerprint density at radius 3 is 2.85 bits per heavy atom. The van der Waals surface area contributed by atoms with Crippen molar-refractivity contribution >= 4 is 22.8 Å². The summed E-state index contributed by atoms with van der Waals surface area (Å²) in [5.74, 6) is 0.436. The smallest absolute Gasteiger partial charge is 0.334 e. The molecule has 0 fully saturated rings. The minimum Gasteiger partial charge on any atom is -0.358 e. The maximum Gasteiger partial charge on any atom is 0.334 e. The third kappa shape index (κ3) is 2.96. The summed E-state index contributed by atoms with van der Waals surface area (Å²) in [4.78, 5) is 16.2. The molecule has 2 aromatic rings. The second-order valence-corrected chi connectivity index (χ2v) is 5.81. The van der Waals surface area contributed by atoms with Crippen molar-refractivity contribution in [3.8, 4) is 0 Å². The first-order valence-corrected chi connectivity index (χ1v) is 7.20. The van der Waals surface area contributed by atoms with Crippen LogP contribution in [0, 0.1) is 17.0 Å². The zero-order chi connectivity index (χ0) is 14.7. The summed E-state index contributed by atoms with van der Waals surface area (Å²) in [7, 11) is 1.71. The number of nitrogens with one attached hydrogen (secondary N) is 1. The van der Waals surface area contributed by atoms with Gasteiger partial charge in [0.1, 0.15) is 10.7 Å². The van der Waals surface area contributed by atoms with Crippen LogP contribution in [0.15, 0.2) is 6.20 Å². The van der Waals surface area contributed by atoms with Crippen molar-refractivity contribution in [2.24, 2.45) is 7.05 Å². The lowest BCUT2D eigenvalue weighted by molar-refractivity contribution is -0.384. The van der Waals surface area contributed by atoms with E-state index >= 15 is 0 Å². The highest BCUT2D eigenvalue weighted by Gasteiger charge is 2.25. The fourth-order valence-electron chi connectivity index (χ4n) is 2.01. The number of nitro groups is 1. The van der Waals surface area contributed by atoms with Gasteiger partial charge in [-0.2, -0.15) is 5.10 Å². The van der Waals surface area contributed by atoms with Crippen LogP contribution in [0.4, 0.5) is 11.5 Å². The van der Waals surface area contributed by atoms with Crippen LogP contribution in [0.3, 0.4) is 0 Å². The highest BCUT2D eigenvalue weighted by Crippen LogP contribution is 2.29. The molecular weight excluding hydrogens is 278 g/mol. The van der Waals surface area contributed by atoms with Crippen LogP contribution in [0.1, 0.15) is 28.9 Å². The van der Waals surface area contributed by atoms with Crippen molar-refractivity contribution in [1.29, 1.82) is 0 Å². The Balaban J connectivity index is 2.23. The average Bonchev–Trinajstić information content (AvgIpc) is 2.91. The normalized spacial score (nSPS) is 10.8. The zero-order valence-electron chi connectivity index (χ0n) is 11.7. The van der Waals surface area contributed by atoms with Crippen molar-refractivity contribution in [3.63, 3.8) is 0 Å². The lowest BCUT2D eigenvalue weighted by atomic mass is 10.2. The van der Waals surface area contributed by atoms with E-state index in [9.17, 15) is 10.1 Å². The van der Waals surface area contributed by atoms with E-state index in [1.165, 1.54) is 4.68 Å². The van der Waals surface area contributed by atoms with E-state index in [2.05, 4.69) is 15.4 Å². The first kappa shape index (κ1) is 14.4. The molecule has 0 unspecified atom stereocenters. The van der Waals surface area contributed by atoms with Gasteiger partial charge in [-0.15, -0.1) is 11.3 Å². The highest BCUT2D eigenvalue weighted by molar-refractivity contribution is 7.11. The minimum atomic E-state index is -0.368. The molecule has 8 heteroatoms. The first-order chi connectivity index (χ1) is 9.52. The lowest BCUT2D eigenvalue weighted by Crippen LogP contribution is -2.06. The lowest BCUT2D eigenvalue weighted by Gasteiger charge is -2.03. The molecule has 7 nitrogen and oxygen atoms in total. The van der Waals surface area contributed by atoms with Gasteiger partial charge in [-0.25, -0.2) is 9.67 Å². The van der Waals surface area contributed by atoms with Gasteiger partial charge in [-0.3, -0.25) is 10.1 Å². The summed E-state index contributed by atoms with van der Waals surface area (Å²) in [5, 5.41) is 19.5. The third-order valence-corrected chi connectivity index (χ3v) is 3.75. The average molecular weight is 295 g/mol. The Bertz CT molecular complexity index is 619. The maximum atomic E-state index is 11.2. The van der Waals surface area contributed by atoms with Gasteiger partial charge in [-0.1, -0.05) is 13.3 Å². The summed E-state index contributed by atoms with van der Waals surface area (Å²) < 4.78 is 1.53. The van der Waals surface area contributed by atoms with Crippen LogP contribution in [0.5, 0.6) is 0 Å². The fourth-order valence-corrected chi connectivity index (χ4v) is 2.73. The minimum absolute atomic E-state index is 0.0719. The standard InChI is InChI=1S/C12H17N5O2S/c1-4-5-9-11(17(18)19)12(16(3)15-9)14-7-10-13-6-8(2)20-10/h6,14H,4-5,7H2,1-3H3. The van der Waals surface area contributed by atoms with Crippen LogP contribution in [0.2, 0.25) is 0 Å². The number of nitrogens with zero attached hydrogens (tertiary/aromatic N) is 4. The van der Waals surface area contributed by atoms with Crippen molar-refractivity contribution in [1.82, 2.24) is 14.8 Å². The van der Waals surface area contributed by atoms with Crippen LogP contribution >= 0.6 is 11.3 Å². The van der Waals surface area contributed by atoms with Crippen LogP contribution in [-0.4, -0.2) is 19.7 Å². The molecule has 0 aliphatic heterocycles. The zero-order valence-corrected chi connectivity index (χ0v) is 12.5. The molecule has 2 heterocycles. The molecule has 20 heavy (non-hydrogen) atoms. The van der Waals surface area contributed by atoms with Gasteiger partial charge in [0.05, 0.1) is 11.5 Å². The number of thiazole rings is 1. The summed E-state index contributed by atoms with van der Waals surface area (Å²) in [6, 6.07) is 0. The predicted octanol–water partition coefficient (Wildman–Crippen LogP) is 2.66. The molecule has 0 saturated carbocycles. The molecule has 0 aliphatic carbocycles. The number of anilines is 1. The van der Waals surface area contributed by atoms with Gasteiger partial charge in [0.2, 0.25) is 5.82 Å². The van der Waals surface area contributed by atoms with Gasteiger partial charge >= 0.3 is 5.69 Å². The molecule has 0 saturated heterocycles. The molecule has 0 bridgehead atoms. The number of hydrogen-bond donors (Lipinski definition) is 1. The molecule has 2 aromatic heterocycles. The van der Waals surface area contributed by atoms with Crippen molar-refractivity contribution in [2.45, 2.75) is 33.2 Å². The molecule has 0 radical (unpaired) electrons. The number of aromatic nitrogens is 3. The largest absolute Gasteiger partial charge is 0.358 e. The van der Waals surface area contributed by atoms with E-state index < -0.39 is 0 Å². The van der Waals surface area contributed by atoms with Gasteiger partial charge in [0, 0.05) is 18.1 Å². The third-order valence-electron chi connectivity index (χ3n) is 2.84. The predicted molar refractivity (Wildman–Crippen MR) is 78.0 cm³/mol. The molecule has 0 aliphatic rings. The molecule has 1 N–H and O–H groups in total. The summed E-state index contributed by atoms with van der Waals surface area (Å²) >= 11 is 1.57. The van der Waals surface area contributed by atoms with Gasteiger partial charge in [0.15, 0.2) is 0 Å². The van der Waals surface area contributed by atoms with Crippen LogP contribution in [-0.2, 0) is 20.0 Å². The van der Waals surface area contributed by atoms with E-state index in [0.717, 1.165) is 16.3 Å². The van der Waals surface area contributed by atoms with E-state index in [-0.39, 0.29) is 10.6 Å². The topological polar surface area (TPSA) is 85.9 Å². The van der Waals surface area contributed by atoms with Crippen molar-refractivity contribution < 1.29 is 4.92 Å². The molecule has 0 spiro atoms. The molecule has 108 valence electrons.